The van der Waals surface area contributed by atoms with Crippen molar-refractivity contribution in [1.29, 1.82) is 0 Å². The maximum Gasteiger partial charge on any atom is 0.327 e. The van der Waals surface area contributed by atoms with E-state index >= 15 is 0 Å². The van der Waals surface area contributed by atoms with Gasteiger partial charge in [-0.3, -0.25) is 4.79 Å². The number of thioether (sulfide) groups is 1. The molecule has 1 aliphatic heterocycles. The Balaban J connectivity index is 2.13. The fourth-order valence-electron chi connectivity index (χ4n) is 2.08. The summed E-state index contributed by atoms with van der Waals surface area (Å²) in [5.41, 5.74) is 0.598. The molecule has 20 heavy (non-hydrogen) atoms. The Morgan fingerprint density at radius 1 is 1.40 bits per heavy atom. The number of hydrogen-bond donors (Lipinski definition) is 1. The first-order valence-electron chi connectivity index (χ1n) is 6.22. The first-order chi connectivity index (χ1) is 9.52. The van der Waals surface area contributed by atoms with Gasteiger partial charge in [-0.25, -0.2) is 4.79 Å². The van der Waals surface area contributed by atoms with Gasteiger partial charge in [-0.05, 0) is 6.92 Å². The molecule has 1 N–H and O–H groups in total. The number of thiocarbonyl (C=S) groups is 1. The number of hydrogen-bond acceptors (Lipinski definition) is 4. The van der Waals surface area contributed by atoms with Gasteiger partial charge >= 0.3 is 5.97 Å². The predicted octanol–water partition coefficient (Wildman–Crippen LogP) is 2.29. The van der Waals surface area contributed by atoms with E-state index in [9.17, 15) is 14.7 Å². The lowest BCUT2D eigenvalue weighted by molar-refractivity contribution is -0.140. The molecule has 2 unspecified atom stereocenters. The molecule has 0 aromatic heterocycles. The Morgan fingerprint density at radius 2 is 2.05 bits per heavy atom. The first-order valence-corrected chi connectivity index (χ1v) is 7.79. The Morgan fingerprint density at radius 3 is 2.65 bits per heavy atom. The summed E-state index contributed by atoms with van der Waals surface area (Å²) in [4.78, 5) is 25.6. The van der Waals surface area contributed by atoms with Gasteiger partial charge < -0.3 is 10.0 Å². The number of carboxylic acids is 1. The number of rotatable bonds is 4. The molecule has 4 nitrogen and oxygen atoms in total. The van der Waals surface area contributed by atoms with Gasteiger partial charge in [0.1, 0.15) is 6.04 Å². The molecule has 6 heteroatoms. The van der Waals surface area contributed by atoms with Crippen LogP contribution >= 0.6 is 24.0 Å². The van der Waals surface area contributed by atoms with Crippen molar-refractivity contribution in [1.82, 2.24) is 4.90 Å². The van der Waals surface area contributed by atoms with Gasteiger partial charge in [-0.1, -0.05) is 42.5 Å². The SMILES string of the molecule is CC(C(=O)c1ccccc1)C(=S)N1CSCC1C(=O)O. The summed E-state index contributed by atoms with van der Waals surface area (Å²) >= 11 is 6.86. The van der Waals surface area contributed by atoms with Crippen LogP contribution in [0.15, 0.2) is 30.3 Å². The monoisotopic (exact) mass is 309 g/mol. The van der Waals surface area contributed by atoms with E-state index in [1.807, 2.05) is 6.07 Å². The van der Waals surface area contributed by atoms with Crippen LogP contribution in [0.2, 0.25) is 0 Å². The first kappa shape index (κ1) is 15.0. The minimum atomic E-state index is -0.892. The molecule has 1 saturated heterocycles. The second kappa shape index (κ2) is 6.37. The van der Waals surface area contributed by atoms with Gasteiger partial charge in [0.2, 0.25) is 0 Å². The van der Waals surface area contributed by atoms with Gasteiger partial charge in [-0.2, -0.15) is 0 Å². The lowest BCUT2D eigenvalue weighted by atomic mass is 9.98. The van der Waals surface area contributed by atoms with E-state index in [1.165, 1.54) is 11.8 Å². The van der Waals surface area contributed by atoms with Crippen LogP contribution in [0.4, 0.5) is 0 Å². The summed E-state index contributed by atoms with van der Waals surface area (Å²) in [6.45, 7) is 1.74. The third-order valence-electron chi connectivity index (χ3n) is 3.27. The largest absolute Gasteiger partial charge is 0.480 e. The molecular formula is C14H15NO3S2. The highest BCUT2D eigenvalue weighted by Gasteiger charge is 2.35. The van der Waals surface area contributed by atoms with Gasteiger partial charge in [-0.15, -0.1) is 11.8 Å². The van der Waals surface area contributed by atoms with Gasteiger partial charge in [0, 0.05) is 11.3 Å². The highest BCUT2D eigenvalue weighted by molar-refractivity contribution is 7.99. The third-order valence-corrected chi connectivity index (χ3v) is 4.87. The Labute approximate surface area is 127 Å². The molecule has 0 saturated carbocycles. The lowest BCUT2D eigenvalue weighted by Crippen LogP contribution is -2.44. The number of carbonyl (C=O) groups excluding carboxylic acids is 1. The van der Waals surface area contributed by atoms with E-state index in [4.69, 9.17) is 12.2 Å². The summed E-state index contributed by atoms with van der Waals surface area (Å²) < 4.78 is 0. The van der Waals surface area contributed by atoms with Crippen LogP contribution < -0.4 is 0 Å². The molecule has 1 aliphatic rings. The van der Waals surface area contributed by atoms with Crippen LogP contribution in [0.25, 0.3) is 0 Å². The molecule has 1 aromatic carbocycles. The van der Waals surface area contributed by atoms with Crippen LogP contribution in [0.5, 0.6) is 0 Å². The zero-order valence-electron chi connectivity index (χ0n) is 11.0. The third kappa shape index (κ3) is 3.02. The average Bonchev–Trinajstić information content (AvgIpc) is 2.95. The molecule has 0 bridgehead atoms. The molecule has 0 radical (unpaired) electrons. The Bertz CT molecular complexity index is 532. The summed E-state index contributed by atoms with van der Waals surface area (Å²) in [5, 5.41) is 9.17. The van der Waals surface area contributed by atoms with Crippen LogP contribution in [0, 0.1) is 5.92 Å². The zero-order valence-corrected chi connectivity index (χ0v) is 12.6. The molecule has 106 valence electrons. The van der Waals surface area contributed by atoms with Crippen molar-refractivity contribution in [3.8, 4) is 0 Å². The van der Waals surface area contributed by atoms with Crippen LogP contribution in [0.1, 0.15) is 17.3 Å². The Kier molecular flexibility index (Phi) is 4.77. The zero-order chi connectivity index (χ0) is 14.7. The van der Waals surface area contributed by atoms with Crippen LogP contribution in [0.3, 0.4) is 0 Å². The lowest BCUT2D eigenvalue weighted by Gasteiger charge is -2.26. The maximum atomic E-state index is 12.4. The number of Topliss-reactive ketones (excluding diaryl/α,β-unsaturated/α-hetero) is 1. The summed E-state index contributed by atoms with van der Waals surface area (Å²) in [7, 11) is 0. The predicted molar refractivity (Wildman–Crippen MR) is 83.1 cm³/mol. The summed E-state index contributed by atoms with van der Waals surface area (Å²) in [6, 6.07) is 8.31. The van der Waals surface area contributed by atoms with Crippen molar-refractivity contribution < 1.29 is 14.7 Å². The number of nitrogens with zero attached hydrogens (tertiary/aromatic N) is 1. The van der Waals surface area contributed by atoms with Crippen molar-refractivity contribution in [3.63, 3.8) is 0 Å². The van der Waals surface area contributed by atoms with Crippen molar-refractivity contribution >= 4 is 40.7 Å². The van der Waals surface area contributed by atoms with Gasteiger partial charge in [0.15, 0.2) is 5.78 Å². The van der Waals surface area contributed by atoms with E-state index in [-0.39, 0.29) is 5.78 Å². The standard InChI is InChI=1S/C14H15NO3S2/c1-9(12(16)10-5-3-2-4-6-10)13(19)15-8-20-7-11(15)14(17)18/h2-6,9,11H,7-8H2,1H3,(H,17,18). The van der Waals surface area contributed by atoms with E-state index < -0.39 is 17.9 Å². The summed E-state index contributed by atoms with van der Waals surface area (Å²) in [5.74, 6) is -0.425. The quantitative estimate of drug-likeness (QED) is 0.680. The number of carboxylic acid groups (broad SMARTS) is 1. The minimum Gasteiger partial charge on any atom is -0.480 e. The Hall–Kier alpha value is -1.40. The second-order valence-corrected chi connectivity index (χ2v) is 6.03. The van der Waals surface area contributed by atoms with Gasteiger partial charge in [0.25, 0.3) is 0 Å². The molecule has 0 spiro atoms. The smallest absolute Gasteiger partial charge is 0.327 e. The summed E-state index contributed by atoms with van der Waals surface area (Å²) in [6.07, 6.45) is 0. The maximum absolute atomic E-state index is 12.4. The second-order valence-electron chi connectivity index (χ2n) is 4.61. The number of ketones is 1. The fourth-order valence-corrected chi connectivity index (χ4v) is 3.63. The molecule has 2 rings (SSSR count). The highest BCUT2D eigenvalue weighted by Crippen LogP contribution is 2.25. The normalized spacial score (nSPS) is 19.6. The molecule has 2 atom stereocenters. The minimum absolute atomic E-state index is 0.0726. The van der Waals surface area contributed by atoms with E-state index in [0.717, 1.165) is 0 Å². The highest BCUT2D eigenvalue weighted by atomic mass is 32.2. The van der Waals surface area contributed by atoms with E-state index in [2.05, 4.69) is 0 Å². The van der Waals surface area contributed by atoms with Crippen molar-refractivity contribution in [2.24, 2.45) is 5.92 Å². The fraction of sp³-hybridized carbons (Fsp3) is 0.357. The number of carbonyl (C=O) groups is 2. The molecule has 1 heterocycles. The van der Waals surface area contributed by atoms with E-state index in [1.54, 1.807) is 36.1 Å². The van der Waals surface area contributed by atoms with Crippen molar-refractivity contribution in [3.05, 3.63) is 35.9 Å². The van der Waals surface area contributed by atoms with Gasteiger partial charge in [0.05, 0.1) is 16.8 Å². The van der Waals surface area contributed by atoms with Crippen LogP contribution in [-0.4, -0.2) is 44.4 Å². The molecule has 1 fully saturated rings. The molecular weight excluding hydrogens is 294 g/mol. The van der Waals surface area contributed by atoms with Crippen LogP contribution in [-0.2, 0) is 4.79 Å². The number of aliphatic carboxylic acids is 1. The molecule has 0 aliphatic carbocycles. The number of benzene rings is 1. The van der Waals surface area contributed by atoms with Crippen molar-refractivity contribution in [2.45, 2.75) is 13.0 Å². The van der Waals surface area contributed by atoms with E-state index in [0.29, 0.717) is 22.2 Å². The molecule has 1 aromatic rings. The average molecular weight is 309 g/mol. The molecule has 0 amide bonds. The topological polar surface area (TPSA) is 57.6 Å². The van der Waals surface area contributed by atoms with Crippen molar-refractivity contribution in [2.75, 3.05) is 11.6 Å².